The lowest BCUT2D eigenvalue weighted by molar-refractivity contribution is 0.225. The molecule has 2 heteroatoms. The highest BCUT2D eigenvalue weighted by Crippen LogP contribution is 2.23. The molecule has 0 aromatic heterocycles. The van der Waals surface area contributed by atoms with Gasteiger partial charge in [0, 0.05) is 24.8 Å². The maximum atomic E-state index is 3.40. The first kappa shape index (κ1) is 11.5. The SMILES string of the molecule is CCN(Cc1ccc2c(c1)CCN2)C(C)C. The minimum absolute atomic E-state index is 0.622. The molecule has 1 N–H and O–H groups in total. The van der Waals surface area contributed by atoms with Crippen LogP contribution in [0.2, 0.25) is 0 Å². The highest BCUT2D eigenvalue weighted by atomic mass is 15.1. The molecule has 0 unspecified atom stereocenters. The smallest absolute Gasteiger partial charge is 0.0373 e. The lowest BCUT2D eigenvalue weighted by Crippen LogP contribution is -2.29. The van der Waals surface area contributed by atoms with Gasteiger partial charge in [-0.2, -0.15) is 0 Å². The fourth-order valence-corrected chi connectivity index (χ4v) is 2.35. The van der Waals surface area contributed by atoms with Gasteiger partial charge in [-0.25, -0.2) is 0 Å². The molecule has 0 saturated carbocycles. The first-order valence-corrected chi connectivity index (χ1v) is 6.30. The Balaban J connectivity index is 2.10. The van der Waals surface area contributed by atoms with E-state index in [4.69, 9.17) is 0 Å². The van der Waals surface area contributed by atoms with Crippen molar-refractivity contribution >= 4 is 5.69 Å². The molecule has 88 valence electrons. The van der Waals surface area contributed by atoms with Crippen molar-refractivity contribution in [3.8, 4) is 0 Å². The van der Waals surface area contributed by atoms with Crippen LogP contribution in [0.1, 0.15) is 31.9 Å². The summed E-state index contributed by atoms with van der Waals surface area (Å²) in [4.78, 5) is 2.49. The molecule has 0 aliphatic carbocycles. The Hall–Kier alpha value is -1.02. The third-order valence-electron chi connectivity index (χ3n) is 3.40. The monoisotopic (exact) mass is 218 g/mol. The summed E-state index contributed by atoms with van der Waals surface area (Å²) in [5, 5.41) is 3.40. The largest absolute Gasteiger partial charge is 0.384 e. The maximum Gasteiger partial charge on any atom is 0.0373 e. The third-order valence-corrected chi connectivity index (χ3v) is 3.40. The molecule has 0 amide bonds. The summed E-state index contributed by atoms with van der Waals surface area (Å²) in [5.41, 5.74) is 4.26. The summed E-state index contributed by atoms with van der Waals surface area (Å²) < 4.78 is 0. The lowest BCUT2D eigenvalue weighted by atomic mass is 10.1. The van der Waals surface area contributed by atoms with Gasteiger partial charge < -0.3 is 5.32 Å². The Morgan fingerprint density at radius 3 is 2.88 bits per heavy atom. The average Bonchev–Trinajstić information content (AvgIpc) is 2.72. The summed E-state index contributed by atoms with van der Waals surface area (Å²) in [7, 11) is 0. The Kier molecular flexibility index (Phi) is 3.49. The number of benzene rings is 1. The van der Waals surface area contributed by atoms with E-state index in [9.17, 15) is 0 Å². The Labute approximate surface area is 98.7 Å². The van der Waals surface area contributed by atoms with E-state index in [1.165, 1.54) is 23.2 Å². The van der Waals surface area contributed by atoms with Crippen LogP contribution in [0.25, 0.3) is 0 Å². The van der Waals surface area contributed by atoms with Crippen molar-refractivity contribution in [3.63, 3.8) is 0 Å². The van der Waals surface area contributed by atoms with Gasteiger partial charge in [0.05, 0.1) is 0 Å². The zero-order valence-electron chi connectivity index (χ0n) is 10.6. The standard InChI is InChI=1S/C14H22N2/c1-4-16(11(2)3)10-12-5-6-14-13(9-12)7-8-15-14/h5-6,9,11,15H,4,7-8,10H2,1-3H3. The van der Waals surface area contributed by atoms with Crippen molar-refractivity contribution in [2.24, 2.45) is 0 Å². The normalized spacial score (nSPS) is 14.3. The molecule has 16 heavy (non-hydrogen) atoms. The molecule has 1 aromatic carbocycles. The van der Waals surface area contributed by atoms with Crippen LogP contribution in [0.5, 0.6) is 0 Å². The summed E-state index contributed by atoms with van der Waals surface area (Å²) >= 11 is 0. The van der Waals surface area contributed by atoms with E-state index >= 15 is 0 Å². The Bertz CT molecular complexity index is 358. The second-order valence-corrected chi connectivity index (χ2v) is 4.83. The lowest BCUT2D eigenvalue weighted by Gasteiger charge is -2.25. The number of hydrogen-bond donors (Lipinski definition) is 1. The van der Waals surface area contributed by atoms with E-state index < -0.39 is 0 Å². The molecule has 0 radical (unpaired) electrons. The van der Waals surface area contributed by atoms with Gasteiger partial charge in [0.25, 0.3) is 0 Å². The van der Waals surface area contributed by atoms with Crippen LogP contribution in [-0.2, 0) is 13.0 Å². The first-order valence-electron chi connectivity index (χ1n) is 6.30. The van der Waals surface area contributed by atoms with Gasteiger partial charge in [0.2, 0.25) is 0 Å². The van der Waals surface area contributed by atoms with E-state index in [2.05, 4.69) is 49.2 Å². The molecule has 1 aliphatic rings. The minimum Gasteiger partial charge on any atom is -0.384 e. The maximum absolute atomic E-state index is 3.40. The fraction of sp³-hybridized carbons (Fsp3) is 0.571. The first-order chi connectivity index (χ1) is 7.70. The van der Waals surface area contributed by atoms with Gasteiger partial charge in [0.1, 0.15) is 0 Å². The highest BCUT2D eigenvalue weighted by Gasteiger charge is 2.12. The average molecular weight is 218 g/mol. The summed E-state index contributed by atoms with van der Waals surface area (Å²) in [6.07, 6.45) is 1.18. The van der Waals surface area contributed by atoms with Crippen LogP contribution >= 0.6 is 0 Å². The van der Waals surface area contributed by atoms with E-state index in [1.54, 1.807) is 0 Å². The fourth-order valence-electron chi connectivity index (χ4n) is 2.35. The summed E-state index contributed by atoms with van der Waals surface area (Å²) in [5.74, 6) is 0. The van der Waals surface area contributed by atoms with Gasteiger partial charge in [0.15, 0.2) is 0 Å². The third kappa shape index (κ3) is 2.38. The molecule has 1 heterocycles. The van der Waals surface area contributed by atoms with Crippen LogP contribution in [0.3, 0.4) is 0 Å². The van der Waals surface area contributed by atoms with E-state index in [0.717, 1.165) is 19.6 Å². The van der Waals surface area contributed by atoms with Crippen molar-refractivity contribution in [1.29, 1.82) is 0 Å². The molecular weight excluding hydrogens is 196 g/mol. The Morgan fingerprint density at radius 2 is 2.19 bits per heavy atom. The Morgan fingerprint density at radius 1 is 1.38 bits per heavy atom. The number of nitrogens with zero attached hydrogens (tertiary/aromatic N) is 1. The van der Waals surface area contributed by atoms with E-state index in [1.807, 2.05) is 0 Å². The molecule has 2 rings (SSSR count). The van der Waals surface area contributed by atoms with Gasteiger partial charge in [-0.1, -0.05) is 19.1 Å². The number of nitrogens with one attached hydrogen (secondary N) is 1. The summed E-state index contributed by atoms with van der Waals surface area (Å²) in [6.45, 7) is 10.0. The molecule has 0 atom stereocenters. The van der Waals surface area contributed by atoms with Crippen molar-refractivity contribution in [1.82, 2.24) is 4.90 Å². The molecular formula is C14H22N2. The number of rotatable bonds is 4. The van der Waals surface area contributed by atoms with Gasteiger partial charge >= 0.3 is 0 Å². The van der Waals surface area contributed by atoms with E-state index in [-0.39, 0.29) is 0 Å². The molecule has 1 aliphatic heterocycles. The van der Waals surface area contributed by atoms with E-state index in [0.29, 0.717) is 6.04 Å². The van der Waals surface area contributed by atoms with Crippen molar-refractivity contribution in [3.05, 3.63) is 29.3 Å². The summed E-state index contributed by atoms with van der Waals surface area (Å²) in [6, 6.07) is 7.46. The van der Waals surface area contributed by atoms with Gasteiger partial charge in [-0.3, -0.25) is 4.90 Å². The van der Waals surface area contributed by atoms with Crippen LogP contribution < -0.4 is 5.32 Å². The molecule has 0 fully saturated rings. The predicted octanol–water partition coefficient (Wildman–Crippen LogP) is 2.88. The van der Waals surface area contributed by atoms with Gasteiger partial charge in [-0.05, 0) is 44.0 Å². The minimum atomic E-state index is 0.622. The molecule has 0 spiro atoms. The number of hydrogen-bond acceptors (Lipinski definition) is 2. The van der Waals surface area contributed by atoms with Crippen molar-refractivity contribution < 1.29 is 0 Å². The molecule has 0 bridgehead atoms. The second-order valence-electron chi connectivity index (χ2n) is 4.83. The van der Waals surface area contributed by atoms with Crippen molar-refractivity contribution in [2.45, 2.75) is 39.8 Å². The second kappa shape index (κ2) is 4.88. The molecule has 2 nitrogen and oxygen atoms in total. The zero-order valence-corrected chi connectivity index (χ0v) is 10.6. The van der Waals surface area contributed by atoms with Crippen LogP contribution in [0.15, 0.2) is 18.2 Å². The van der Waals surface area contributed by atoms with Gasteiger partial charge in [-0.15, -0.1) is 0 Å². The van der Waals surface area contributed by atoms with Crippen LogP contribution in [-0.4, -0.2) is 24.0 Å². The number of fused-ring (bicyclic) bond motifs is 1. The predicted molar refractivity (Wildman–Crippen MR) is 69.9 cm³/mol. The van der Waals surface area contributed by atoms with Crippen LogP contribution in [0, 0.1) is 0 Å². The van der Waals surface area contributed by atoms with Crippen molar-refractivity contribution in [2.75, 3.05) is 18.4 Å². The van der Waals surface area contributed by atoms with Crippen LogP contribution in [0.4, 0.5) is 5.69 Å². The molecule has 0 saturated heterocycles. The molecule has 1 aromatic rings. The topological polar surface area (TPSA) is 15.3 Å². The zero-order chi connectivity index (χ0) is 11.5. The quantitative estimate of drug-likeness (QED) is 0.836. The highest BCUT2D eigenvalue weighted by molar-refractivity contribution is 5.56. The number of anilines is 1.